The summed E-state index contributed by atoms with van der Waals surface area (Å²) < 4.78 is 12.4. The molecule has 0 aliphatic carbocycles. The van der Waals surface area contributed by atoms with Crippen molar-refractivity contribution in [1.82, 2.24) is 14.7 Å². The number of aryl methyl sites for hydroxylation is 1. The number of amides is 3. The van der Waals surface area contributed by atoms with Crippen molar-refractivity contribution in [3.05, 3.63) is 29.8 Å². The van der Waals surface area contributed by atoms with Gasteiger partial charge in [0, 0.05) is 32.0 Å². The van der Waals surface area contributed by atoms with E-state index < -0.39 is 5.60 Å². The van der Waals surface area contributed by atoms with Gasteiger partial charge in [0.05, 0.1) is 19.7 Å². The summed E-state index contributed by atoms with van der Waals surface area (Å²) in [6, 6.07) is 8.12. The monoisotopic (exact) mass is 514 g/mol. The molecule has 1 unspecified atom stereocenters. The van der Waals surface area contributed by atoms with Gasteiger partial charge in [-0.15, -0.1) is 0 Å². The van der Waals surface area contributed by atoms with Crippen molar-refractivity contribution in [1.29, 1.82) is 0 Å². The van der Waals surface area contributed by atoms with E-state index in [1.54, 1.807) is 0 Å². The smallest absolute Gasteiger partial charge is 0.256 e. The molecule has 1 atom stereocenters. The molecule has 9 nitrogen and oxygen atoms in total. The molecule has 2 fully saturated rings. The average Bonchev–Trinajstić information content (AvgIpc) is 2.92. The van der Waals surface area contributed by atoms with Gasteiger partial charge in [-0.05, 0) is 70.2 Å². The van der Waals surface area contributed by atoms with Crippen molar-refractivity contribution in [2.45, 2.75) is 57.5 Å². The largest absolute Gasteiger partial charge is 0.491 e. The molecule has 1 aromatic carbocycles. The number of benzene rings is 1. The summed E-state index contributed by atoms with van der Waals surface area (Å²) in [4.78, 5) is 44.4. The first-order valence-electron chi connectivity index (χ1n) is 13.9. The van der Waals surface area contributed by atoms with Crippen LogP contribution in [0, 0.1) is 5.92 Å². The number of nitrogens with zero attached hydrogens (tertiary/aromatic N) is 3. The summed E-state index contributed by atoms with van der Waals surface area (Å²) in [5, 5.41) is 0. The molecule has 1 aromatic rings. The lowest BCUT2D eigenvalue weighted by Crippen LogP contribution is -2.62. The predicted octanol–water partition coefficient (Wildman–Crippen LogP) is 1.83. The van der Waals surface area contributed by atoms with Crippen molar-refractivity contribution in [3.8, 4) is 5.75 Å². The van der Waals surface area contributed by atoms with Crippen molar-refractivity contribution in [3.63, 3.8) is 0 Å². The number of ether oxygens (including phenoxy) is 2. The lowest BCUT2D eigenvalue weighted by atomic mass is 9.89. The second-order valence-corrected chi connectivity index (χ2v) is 10.5. The number of likely N-dealkylation sites (tertiary alicyclic amines) is 1. The van der Waals surface area contributed by atoms with Crippen LogP contribution in [0.3, 0.4) is 0 Å². The van der Waals surface area contributed by atoms with Crippen LogP contribution in [0.25, 0.3) is 0 Å². The van der Waals surface area contributed by atoms with E-state index in [0.717, 1.165) is 50.9 Å². The molecule has 3 aliphatic heterocycles. The van der Waals surface area contributed by atoms with Gasteiger partial charge < -0.3 is 29.9 Å². The summed E-state index contributed by atoms with van der Waals surface area (Å²) >= 11 is 0. The molecule has 2 saturated heterocycles. The number of fused-ring (bicyclic) bond motifs is 1. The van der Waals surface area contributed by atoms with E-state index in [-0.39, 0.29) is 23.6 Å². The minimum absolute atomic E-state index is 0.0359. The number of hydrogen-bond donors (Lipinski definition) is 1. The first kappa shape index (κ1) is 27.4. The molecule has 3 amide bonds. The highest BCUT2D eigenvalue weighted by atomic mass is 16.5. The Labute approximate surface area is 220 Å². The van der Waals surface area contributed by atoms with Gasteiger partial charge in [0.25, 0.3) is 5.91 Å². The van der Waals surface area contributed by atoms with E-state index in [0.29, 0.717) is 58.8 Å². The minimum Gasteiger partial charge on any atom is -0.491 e. The molecular formula is C28H42N4O5. The number of piperidine rings is 1. The van der Waals surface area contributed by atoms with Gasteiger partial charge in [0.2, 0.25) is 11.8 Å². The second kappa shape index (κ2) is 12.7. The fraction of sp³-hybridized carbons (Fsp3) is 0.679. The molecule has 37 heavy (non-hydrogen) atoms. The SMILES string of the molecule is CCN1CCOc2ccccc2CCCCC2(CN(C(=O)C3CCN(CCC(N)=O)CC3)CCO2)C1=O. The molecule has 0 aromatic heterocycles. The maximum absolute atomic E-state index is 13.9. The lowest BCUT2D eigenvalue weighted by Gasteiger charge is -2.45. The van der Waals surface area contributed by atoms with E-state index in [2.05, 4.69) is 11.0 Å². The molecule has 4 rings (SSSR count). The number of nitrogens with two attached hydrogens (primary N) is 1. The van der Waals surface area contributed by atoms with Crippen LogP contribution in [0.1, 0.15) is 51.0 Å². The third-order valence-electron chi connectivity index (χ3n) is 8.04. The summed E-state index contributed by atoms with van der Waals surface area (Å²) in [7, 11) is 0. The Balaban J connectivity index is 1.43. The molecule has 9 heteroatoms. The Bertz CT molecular complexity index is 948. The number of hydrogen-bond acceptors (Lipinski definition) is 6. The Morgan fingerprint density at radius 3 is 2.62 bits per heavy atom. The van der Waals surface area contributed by atoms with Crippen molar-refractivity contribution in [2.24, 2.45) is 11.7 Å². The zero-order chi connectivity index (χ0) is 26.3. The third kappa shape index (κ3) is 6.82. The molecule has 0 saturated carbocycles. The summed E-state index contributed by atoms with van der Waals surface area (Å²) in [6.45, 7) is 6.83. The van der Waals surface area contributed by atoms with Crippen LogP contribution >= 0.6 is 0 Å². The van der Waals surface area contributed by atoms with E-state index >= 15 is 0 Å². The fourth-order valence-corrected chi connectivity index (χ4v) is 5.82. The van der Waals surface area contributed by atoms with Gasteiger partial charge in [-0.3, -0.25) is 14.4 Å². The van der Waals surface area contributed by atoms with Crippen molar-refractivity contribution in [2.75, 3.05) is 59.0 Å². The van der Waals surface area contributed by atoms with E-state index in [4.69, 9.17) is 15.2 Å². The highest BCUT2D eigenvalue weighted by Gasteiger charge is 2.47. The van der Waals surface area contributed by atoms with Gasteiger partial charge >= 0.3 is 0 Å². The maximum Gasteiger partial charge on any atom is 0.256 e. The van der Waals surface area contributed by atoms with Crippen LogP contribution in [0.4, 0.5) is 0 Å². The minimum atomic E-state index is -1.01. The first-order valence-corrected chi connectivity index (χ1v) is 13.9. The molecule has 3 aliphatic rings. The topological polar surface area (TPSA) is 105 Å². The van der Waals surface area contributed by atoms with Gasteiger partial charge in [-0.2, -0.15) is 0 Å². The lowest BCUT2D eigenvalue weighted by molar-refractivity contribution is -0.178. The number of rotatable bonds is 5. The van der Waals surface area contributed by atoms with Crippen LogP contribution in [-0.4, -0.2) is 97.0 Å². The van der Waals surface area contributed by atoms with Gasteiger partial charge in [-0.1, -0.05) is 18.2 Å². The fourth-order valence-electron chi connectivity index (χ4n) is 5.82. The third-order valence-corrected chi connectivity index (χ3v) is 8.04. The Kier molecular flexibility index (Phi) is 9.43. The van der Waals surface area contributed by atoms with Crippen molar-refractivity contribution >= 4 is 17.7 Å². The Morgan fingerprint density at radius 1 is 1.08 bits per heavy atom. The summed E-state index contributed by atoms with van der Waals surface area (Å²) in [6.07, 6.45) is 5.09. The summed E-state index contributed by atoms with van der Waals surface area (Å²) in [5.41, 5.74) is 5.46. The van der Waals surface area contributed by atoms with Crippen LogP contribution < -0.4 is 10.5 Å². The first-order chi connectivity index (χ1) is 17.9. The quantitative estimate of drug-likeness (QED) is 0.643. The number of morpholine rings is 1. The van der Waals surface area contributed by atoms with Crippen LogP contribution in [0.5, 0.6) is 5.75 Å². The normalized spacial score (nSPS) is 24.6. The molecule has 0 radical (unpaired) electrons. The van der Waals surface area contributed by atoms with Gasteiger partial charge in [0.1, 0.15) is 12.4 Å². The molecule has 3 heterocycles. The summed E-state index contributed by atoms with van der Waals surface area (Å²) in [5.74, 6) is 0.624. The van der Waals surface area contributed by atoms with E-state index in [1.165, 1.54) is 5.56 Å². The van der Waals surface area contributed by atoms with Crippen molar-refractivity contribution < 1.29 is 23.9 Å². The van der Waals surface area contributed by atoms with Crippen LogP contribution in [-0.2, 0) is 25.5 Å². The number of likely N-dealkylation sites (N-methyl/N-ethyl adjacent to an activating group) is 1. The molecule has 204 valence electrons. The zero-order valence-electron chi connectivity index (χ0n) is 22.2. The van der Waals surface area contributed by atoms with Crippen LogP contribution in [0.15, 0.2) is 24.3 Å². The predicted molar refractivity (Wildman–Crippen MR) is 140 cm³/mol. The number of para-hydroxylation sites is 1. The Morgan fingerprint density at radius 2 is 1.86 bits per heavy atom. The van der Waals surface area contributed by atoms with E-state index in [9.17, 15) is 14.4 Å². The van der Waals surface area contributed by atoms with E-state index in [1.807, 2.05) is 34.9 Å². The van der Waals surface area contributed by atoms with Gasteiger partial charge in [0.15, 0.2) is 5.60 Å². The highest BCUT2D eigenvalue weighted by molar-refractivity contribution is 5.87. The standard InChI is InChI=1S/C28H42N4O5/c1-2-31-17-19-36-24-9-4-3-7-22(24)8-5-6-13-28(27(31)35)21-32(18-20-37-28)26(34)23-10-14-30(15-11-23)16-12-25(29)33/h3-4,7,9,23H,2,5-6,8,10-21H2,1H3,(H2,29,33). The maximum atomic E-state index is 13.9. The zero-order valence-corrected chi connectivity index (χ0v) is 22.2. The number of carbonyl (C=O) groups excluding carboxylic acids is 3. The molecule has 1 spiro atoms. The average molecular weight is 515 g/mol. The molecule has 2 N–H and O–H groups in total. The number of primary amides is 1. The highest BCUT2D eigenvalue weighted by Crippen LogP contribution is 2.31. The van der Waals surface area contributed by atoms with Gasteiger partial charge in [-0.25, -0.2) is 0 Å². The molecule has 0 bridgehead atoms. The number of carbonyl (C=O) groups is 3. The Hall–Kier alpha value is -2.65. The second-order valence-electron chi connectivity index (χ2n) is 10.5. The molecular weight excluding hydrogens is 472 g/mol. The van der Waals surface area contributed by atoms with Crippen LogP contribution in [0.2, 0.25) is 0 Å².